The Labute approximate surface area is 142 Å². The topological polar surface area (TPSA) is 60.7 Å². The number of halogens is 1. The second-order valence-corrected chi connectivity index (χ2v) is 6.25. The molecule has 0 spiro atoms. The highest BCUT2D eigenvalue weighted by Crippen LogP contribution is 2.24. The van der Waals surface area contributed by atoms with Crippen LogP contribution in [0.15, 0.2) is 47.6 Å². The van der Waals surface area contributed by atoms with Crippen LogP contribution in [0.3, 0.4) is 0 Å². The van der Waals surface area contributed by atoms with Gasteiger partial charge in [-0.15, -0.1) is 5.10 Å². The molecule has 0 saturated heterocycles. The molecule has 0 unspecified atom stereocenters. The first-order valence-corrected chi connectivity index (χ1v) is 8.32. The summed E-state index contributed by atoms with van der Waals surface area (Å²) in [5.74, 6) is -0.752. The molecule has 3 aromatic rings. The number of thioether (sulfide) groups is 1. The third kappa shape index (κ3) is 3.21. The lowest BCUT2D eigenvalue weighted by Gasteiger charge is -2.10. The van der Waals surface area contributed by atoms with Gasteiger partial charge in [0.25, 0.3) is 0 Å². The largest absolute Gasteiger partial charge is 0.293 e. The van der Waals surface area contributed by atoms with E-state index in [1.807, 2.05) is 32.0 Å². The van der Waals surface area contributed by atoms with Crippen LogP contribution in [0.1, 0.15) is 21.5 Å². The number of carbonyl (C=O) groups excluding carboxylic acids is 1. The molecule has 0 radical (unpaired) electrons. The van der Waals surface area contributed by atoms with Gasteiger partial charge in [-0.2, -0.15) is 4.68 Å². The van der Waals surface area contributed by atoms with Crippen LogP contribution < -0.4 is 0 Å². The molecule has 7 heteroatoms. The number of aryl methyl sites for hydroxylation is 2. The van der Waals surface area contributed by atoms with Gasteiger partial charge in [-0.25, -0.2) is 4.39 Å². The van der Waals surface area contributed by atoms with E-state index in [0.717, 1.165) is 16.8 Å². The van der Waals surface area contributed by atoms with E-state index in [-0.39, 0.29) is 17.1 Å². The Morgan fingerprint density at radius 2 is 1.83 bits per heavy atom. The van der Waals surface area contributed by atoms with Crippen molar-refractivity contribution in [2.75, 3.05) is 5.75 Å². The molecule has 122 valence electrons. The number of rotatable bonds is 5. The first-order valence-electron chi connectivity index (χ1n) is 7.33. The third-order valence-corrected chi connectivity index (χ3v) is 4.52. The maximum atomic E-state index is 13.7. The zero-order valence-corrected chi connectivity index (χ0v) is 14.0. The number of nitrogens with zero attached hydrogens (tertiary/aromatic N) is 4. The highest BCUT2D eigenvalue weighted by molar-refractivity contribution is 7.99. The van der Waals surface area contributed by atoms with Crippen LogP contribution in [0.4, 0.5) is 4.39 Å². The zero-order valence-electron chi connectivity index (χ0n) is 13.2. The molecule has 1 heterocycles. The van der Waals surface area contributed by atoms with Gasteiger partial charge in [0.1, 0.15) is 5.82 Å². The summed E-state index contributed by atoms with van der Waals surface area (Å²) in [7, 11) is 0. The second kappa shape index (κ2) is 6.92. The summed E-state index contributed by atoms with van der Waals surface area (Å²) in [4.78, 5) is 12.2. The van der Waals surface area contributed by atoms with Crippen molar-refractivity contribution in [3.63, 3.8) is 0 Å². The normalized spacial score (nSPS) is 10.8. The maximum Gasteiger partial charge on any atom is 0.214 e. The van der Waals surface area contributed by atoms with Gasteiger partial charge in [0.05, 0.1) is 17.0 Å². The van der Waals surface area contributed by atoms with Crippen molar-refractivity contribution in [2.24, 2.45) is 0 Å². The third-order valence-electron chi connectivity index (χ3n) is 3.60. The fraction of sp³-hybridized carbons (Fsp3) is 0.176. The molecule has 5 nitrogen and oxygen atoms in total. The average molecular weight is 342 g/mol. The molecule has 0 saturated carbocycles. The molecule has 0 N–H and O–H groups in total. The molecule has 0 amide bonds. The zero-order chi connectivity index (χ0) is 17.1. The van der Waals surface area contributed by atoms with Crippen molar-refractivity contribution in [3.8, 4) is 5.69 Å². The van der Waals surface area contributed by atoms with E-state index in [1.54, 1.807) is 16.8 Å². The number of hydrogen-bond donors (Lipinski definition) is 0. The highest BCUT2D eigenvalue weighted by Gasteiger charge is 2.16. The maximum absolute atomic E-state index is 13.7. The summed E-state index contributed by atoms with van der Waals surface area (Å²) >= 11 is 1.19. The lowest BCUT2D eigenvalue weighted by atomic mass is 10.1. The number of carbonyl (C=O) groups is 1. The van der Waals surface area contributed by atoms with Crippen molar-refractivity contribution in [1.82, 2.24) is 20.2 Å². The number of benzene rings is 2. The van der Waals surface area contributed by atoms with Gasteiger partial charge in [-0.1, -0.05) is 42.1 Å². The molecular weight excluding hydrogens is 327 g/mol. The monoisotopic (exact) mass is 342 g/mol. The van der Waals surface area contributed by atoms with E-state index in [2.05, 4.69) is 15.5 Å². The van der Waals surface area contributed by atoms with Gasteiger partial charge < -0.3 is 0 Å². The molecule has 0 bridgehead atoms. The minimum absolute atomic E-state index is 0.0617. The van der Waals surface area contributed by atoms with Crippen LogP contribution in [0.25, 0.3) is 5.69 Å². The summed E-state index contributed by atoms with van der Waals surface area (Å²) in [5, 5.41) is 12.2. The van der Waals surface area contributed by atoms with Crippen LogP contribution in [0, 0.1) is 19.7 Å². The summed E-state index contributed by atoms with van der Waals surface area (Å²) < 4.78 is 15.3. The van der Waals surface area contributed by atoms with Crippen LogP contribution in [0.5, 0.6) is 0 Å². The van der Waals surface area contributed by atoms with Crippen molar-refractivity contribution < 1.29 is 9.18 Å². The van der Waals surface area contributed by atoms with E-state index in [1.165, 1.54) is 23.9 Å². The van der Waals surface area contributed by atoms with Gasteiger partial charge >= 0.3 is 0 Å². The van der Waals surface area contributed by atoms with Crippen molar-refractivity contribution >= 4 is 17.5 Å². The number of hydrogen-bond acceptors (Lipinski definition) is 5. The Hall–Kier alpha value is -2.54. The van der Waals surface area contributed by atoms with Crippen molar-refractivity contribution in [3.05, 3.63) is 65.0 Å². The smallest absolute Gasteiger partial charge is 0.214 e. The highest BCUT2D eigenvalue weighted by atomic mass is 32.2. The standard InChI is InChI=1S/C17H15FN4OS/c1-11-6-5-7-12(2)16(11)22-17(19-20-21-22)24-10-15(23)13-8-3-4-9-14(13)18/h3-9H,10H2,1-2H3. The quantitative estimate of drug-likeness (QED) is 0.525. The van der Waals surface area contributed by atoms with E-state index in [9.17, 15) is 9.18 Å². The Balaban J connectivity index is 1.82. The summed E-state index contributed by atoms with van der Waals surface area (Å²) in [5.41, 5.74) is 3.04. The molecule has 0 aliphatic carbocycles. The predicted molar refractivity (Wildman–Crippen MR) is 90.1 cm³/mol. The molecule has 3 rings (SSSR count). The SMILES string of the molecule is Cc1cccc(C)c1-n1nnnc1SCC(=O)c1ccccc1F. The van der Waals surface area contributed by atoms with E-state index >= 15 is 0 Å². The van der Waals surface area contributed by atoms with E-state index in [0.29, 0.717) is 5.16 Å². The van der Waals surface area contributed by atoms with Crippen LogP contribution in [-0.2, 0) is 0 Å². The van der Waals surface area contributed by atoms with Gasteiger partial charge in [0, 0.05) is 0 Å². The van der Waals surface area contributed by atoms with Crippen LogP contribution in [0.2, 0.25) is 0 Å². The molecule has 1 aromatic heterocycles. The predicted octanol–water partition coefficient (Wildman–Crippen LogP) is 3.39. The lowest BCUT2D eigenvalue weighted by molar-refractivity contribution is 0.101. The second-order valence-electron chi connectivity index (χ2n) is 5.31. The Bertz CT molecular complexity index is 874. The summed E-state index contributed by atoms with van der Waals surface area (Å²) in [6.45, 7) is 3.95. The molecule has 0 fully saturated rings. The Morgan fingerprint density at radius 1 is 1.12 bits per heavy atom. The molecule has 0 atom stereocenters. The number of tetrazole rings is 1. The molecular formula is C17H15FN4OS. The lowest BCUT2D eigenvalue weighted by Crippen LogP contribution is -2.08. The van der Waals surface area contributed by atoms with Gasteiger partial charge in [0.15, 0.2) is 5.78 Å². The fourth-order valence-corrected chi connectivity index (χ4v) is 3.20. The van der Waals surface area contributed by atoms with E-state index < -0.39 is 5.82 Å². The first kappa shape index (κ1) is 16.3. The first-order chi connectivity index (χ1) is 11.6. The van der Waals surface area contributed by atoms with Crippen molar-refractivity contribution in [2.45, 2.75) is 19.0 Å². The molecule has 2 aromatic carbocycles. The number of Topliss-reactive ketones (excluding diaryl/α,β-unsaturated/α-hetero) is 1. The van der Waals surface area contributed by atoms with Crippen LogP contribution >= 0.6 is 11.8 Å². The number of aromatic nitrogens is 4. The Morgan fingerprint density at radius 3 is 2.54 bits per heavy atom. The van der Waals surface area contributed by atoms with Crippen molar-refractivity contribution in [1.29, 1.82) is 0 Å². The molecule has 0 aliphatic heterocycles. The number of para-hydroxylation sites is 1. The number of ketones is 1. The van der Waals surface area contributed by atoms with E-state index in [4.69, 9.17) is 0 Å². The Kier molecular flexibility index (Phi) is 4.71. The van der Waals surface area contributed by atoms with Gasteiger partial charge in [-0.3, -0.25) is 4.79 Å². The fourth-order valence-electron chi connectivity index (χ4n) is 2.44. The summed E-state index contributed by atoms with van der Waals surface area (Å²) in [6.07, 6.45) is 0. The molecule has 0 aliphatic rings. The minimum Gasteiger partial charge on any atom is -0.293 e. The van der Waals surface area contributed by atoms with Gasteiger partial charge in [-0.05, 0) is 47.5 Å². The average Bonchev–Trinajstić information content (AvgIpc) is 3.01. The van der Waals surface area contributed by atoms with Crippen LogP contribution in [-0.4, -0.2) is 31.7 Å². The molecule has 24 heavy (non-hydrogen) atoms. The minimum atomic E-state index is -0.516. The summed E-state index contributed by atoms with van der Waals surface area (Å²) in [6, 6.07) is 11.9. The van der Waals surface area contributed by atoms with Gasteiger partial charge in [0.2, 0.25) is 5.16 Å².